The van der Waals surface area contributed by atoms with E-state index in [1.807, 2.05) is 24.3 Å². The van der Waals surface area contributed by atoms with Crippen molar-refractivity contribution in [1.82, 2.24) is 10.3 Å². The molecule has 152 valence electrons. The molecule has 1 fully saturated rings. The van der Waals surface area contributed by atoms with Crippen LogP contribution in [0.15, 0.2) is 48.5 Å². The molecule has 1 amide bonds. The van der Waals surface area contributed by atoms with Crippen molar-refractivity contribution in [2.24, 2.45) is 5.92 Å². The van der Waals surface area contributed by atoms with Gasteiger partial charge < -0.3 is 10.2 Å². The predicted molar refractivity (Wildman–Crippen MR) is 122 cm³/mol. The highest BCUT2D eigenvalue weighted by atomic mass is 32.1. The number of amides is 1. The summed E-state index contributed by atoms with van der Waals surface area (Å²) in [5.74, 6) is 0.800. The summed E-state index contributed by atoms with van der Waals surface area (Å²) in [5, 5.41) is 4.22. The Labute approximate surface area is 177 Å². The van der Waals surface area contributed by atoms with Crippen molar-refractivity contribution in [3.8, 4) is 0 Å². The molecular formula is C24H29N3OS. The third-order valence-electron chi connectivity index (χ3n) is 5.78. The largest absolute Gasteiger partial charge is 0.350 e. The quantitative estimate of drug-likeness (QED) is 0.604. The number of benzene rings is 2. The normalized spacial score (nSPS) is 16.1. The lowest BCUT2D eigenvalue weighted by atomic mass is 10.00. The first-order valence-electron chi connectivity index (χ1n) is 10.6. The maximum absolute atomic E-state index is 12.7. The number of carbonyl (C=O) groups excluding carboxylic acids is 1. The van der Waals surface area contributed by atoms with Gasteiger partial charge in [0.2, 0.25) is 0 Å². The molecule has 1 aliphatic rings. The lowest BCUT2D eigenvalue weighted by Gasteiger charge is -2.29. The molecular weight excluding hydrogens is 378 g/mol. The number of anilines is 1. The number of aromatic nitrogens is 1. The molecule has 4 nitrogen and oxygen atoms in total. The average Bonchev–Trinajstić information content (AvgIpc) is 3.17. The molecule has 5 heteroatoms. The zero-order chi connectivity index (χ0) is 20.2. The van der Waals surface area contributed by atoms with Crippen LogP contribution in [0.25, 0.3) is 10.2 Å². The molecule has 2 heterocycles. The molecule has 2 aromatic carbocycles. The Morgan fingerprint density at radius 3 is 2.72 bits per heavy atom. The zero-order valence-electron chi connectivity index (χ0n) is 17.2. The van der Waals surface area contributed by atoms with E-state index in [0.29, 0.717) is 5.56 Å². The minimum atomic E-state index is -0.00536. The molecule has 1 saturated heterocycles. The molecule has 0 saturated carbocycles. The Bertz CT molecular complexity index is 961. The molecule has 0 bridgehead atoms. The summed E-state index contributed by atoms with van der Waals surface area (Å²) >= 11 is 1.70. The van der Waals surface area contributed by atoms with Crippen molar-refractivity contribution in [2.45, 2.75) is 45.6 Å². The van der Waals surface area contributed by atoms with Gasteiger partial charge in [0.25, 0.3) is 5.91 Å². The fourth-order valence-corrected chi connectivity index (χ4v) is 4.85. The van der Waals surface area contributed by atoms with Crippen LogP contribution in [0, 0.1) is 5.92 Å². The number of piperidine rings is 1. The number of fused-ring (bicyclic) bond motifs is 1. The van der Waals surface area contributed by atoms with Crippen molar-refractivity contribution in [1.29, 1.82) is 0 Å². The number of thiazole rings is 1. The van der Waals surface area contributed by atoms with E-state index in [1.165, 1.54) is 18.4 Å². The van der Waals surface area contributed by atoms with Crippen LogP contribution < -0.4 is 10.2 Å². The highest BCUT2D eigenvalue weighted by Crippen LogP contribution is 2.32. The summed E-state index contributed by atoms with van der Waals surface area (Å²) in [5.41, 5.74) is 3.00. The van der Waals surface area contributed by atoms with Crippen molar-refractivity contribution in [2.75, 3.05) is 18.0 Å². The fraction of sp³-hybridized carbons (Fsp3) is 0.417. The second kappa shape index (κ2) is 8.95. The zero-order valence-corrected chi connectivity index (χ0v) is 18.0. The first kappa shape index (κ1) is 19.9. The van der Waals surface area contributed by atoms with Gasteiger partial charge in [-0.05, 0) is 62.3 Å². The first-order valence-corrected chi connectivity index (χ1v) is 11.4. The van der Waals surface area contributed by atoms with Crippen molar-refractivity contribution in [3.63, 3.8) is 0 Å². The topological polar surface area (TPSA) is 45.2 Å². The number of carbonyl (C=O) groups is 1. The van der Waals surface area contributed by atoms with E-state index in [1.54, 1.807) is 11.3 Å². The standard InChI is InChI=1S/C24H29N3OS/c1-17-12-14-27(15-13-17)24-26-21-11-10-20(16-22(21)29-24)23(28)25-18(2)8-9-19-6-4-3-5-7-19/h3-7,10-11,16-18H,8-9,12-15H2,1-2H3,(H,25,28)/t18-/m0/s1. The van der Waals surface area contributed by atoms with Crippen molar-refractivity contribution < 1.29 is 4.79 Å². The molecule has 1 N–H and O–H groups in total. The van der Waals surface area contributed by atoms with Crippen LogP contribution in [0.3, 0.4) is 0 Å². The van der Waals surface area contributed by atoms with E-state index in [0.717, 1.165) is 47.2 Å². The van der Waals surface area contributed by atoms with E-state index in [9.17, 15) is 4.79 Å². The van der Waals surface area contributed by atoms with Gasteiger partial charge in [0.15, 0.2) is 5.13 Å². The maximum atomic E-state index is 12.7. The third kappa shape index (κ3) is 4.96. The fourth-order valence-electron chi connectivity index (χ4n) is 3.80. The number of rotatable bonds is 6. The molecule has 29 heavy (non-hydrogen) atoms. The summed E-state index contributed by atoms with van der Waals surface area (Å²) in [6.45, 7) is 6.55. The number of aryl methyl sites for hydroxylation is 1. The first-order chi connectivity index (χ1) is 14.1. The van der Waals surface area contributed by atoms with Gasteiger partial charge in [0.1, 0.15) is 0 Å². The number of nitrogens with zero attached hydrogens (tertiary/aromatic N) is 2. The molecule has 0 aliphatic carbocycles. The molecule has 1 aliphatic heterocycles. The predicted octanol–water partition coefficient (Wildman–Crippen LogP) is 5.28. The molecule has 0 spiro atoms. The number of nitrogens with one attached hydrogen (secondary N) is 1. The van der Waals surface area contributed by atoms with Gasteiger partial charge >= 0.3 is 0 Å². The van der Waals surface area contributed by atoms with E-state index < -0.39 is 0 Å². The van der Waals surface area contributed by atoms with Gasteiger partial charge in [0.05, 0.1) is 10.2 Å². The average molecular weight is 408 g/mol. The van der Waals surface area contributed by atoms with Crippen LogP contribution in [0.2, 0.25) is 0 Å². The minimum Gasteiger partial charge on any atom is -0.350 e. The summed E-state index contributed by atoms with van der Waals surface area (Å²) in [6.07, 6.45) is 4.35. The van der Waals surface area contributed by atoms with Gasteiger partial charge in [-0.3, -0.25) is 4.79 Å². The molecule has 4 rings (SSSR count). The Balaban J connectivity index is 1.38. The van der Waals surface area contributed by atoms with Crippen LogP contribution in [0.5, 0.6) is 0 Å². The maximum Gasteiger partial charge on any atom is 0.251 e. The summed E-state index contributed by atoms with van der Waals surface area (Å²) in [7, 11) is 0. The van der Waals surface area contributed by atoms with Gasteiger partial charge in [-0.25, -0.2) is 4.98 Å². The second-order valence-corrected chi connectivity index (χ2v) is 9.26. The molecule has 0 radical (unpaired) electrons. The van der Waals surface area contributed by atoms with E-state index >= 15 is 0 Å². The Hall–Kier alpha value is -2.40. The summed E-state index contributed by atoms with van der Waals surface area (Å²) in [6, 6.07) is 16.4. The highest BCUT2D eigenvalue weighted by molar-refractivity contribution is 7.22. The number of hydrogen-bond donors (Lipinski definition) is 1. The van der Waals surface area contributed by atoms with Crippen LogP contribution >= 0.6 is 11.3 Å². The molecule has 0 unspecified atom stereocenters. The van der Waals surface area contributed by atoms with Crippen LogP contribution in [0.4, 0.5) is 5.13 Å². The van der Waals surface area contributed by atoms with Crippen LogP contribution in [-0.4, -0.2) is 30.0 Å². The molecule has 1 aromatic heterocycles. The van der Waals surface area contributed by atoms with Gasteiger partial charge in [0, 0.05) is 24.7 Å². The lowest BCUT2D eigenvalue weighted by Crippen LogP contribution is -2.32. The third-order valence-corrected chi connectivity index (χ3v) is 6.86. The smallest absolute Gasteiger partial charge is 0.251 e. The van der Waals surface area contributed by atoms with Gasteiger partial charge in [-0.1, -0.05) is 48.6 Å². The molecule has 1 atom stereocenters. The van der Waals surface area contributed by atoms with Crippen LogP contribution in [-0.2, 0) is 6.42 Å². The highest BCUT2D eigenvalue weighted by Gasteiger charge is 2.19. The summed E-state index contributed by atoms with van der Waals surface area (Å²) < 4.78 is 1.09. The summed E-state index contributed by atoms with van der Waals surface area (Å²) in [4.78, 5) is 19.9. The minimum absolute atomic E-state index is 0.00536. The van der Waals surface area contributed by atoms with Gasteiger partial charge in [-0.15, -0.1) is 0 Å². The monoisotopic (exact) mass is 407 g/mol. The van der Waals surface area contributed by atoms with Crippen molar-refractivity contribution >= 4 is 32.6 Å². The Kier molecular flexibility index (Phi) is 6.14. The SMILES string of the molecule is CC1CCN(c2nc3ccc(C(=O)N[C@@H](C)CCc4ccccc4)cc3s2)CC1. The number of hydrogen-bond acceptors (Lipinski definition) is 4. The van der Waals surface area contributed by atoms with E-state index in [2.05, 4.69) is 48.3 Å². The van der Waals surface area contributed by atoms with Crippen molar-refractivity contribution in [3.05, 3.63) is 59.7 Å². The molecule has 3 aromatic rings. The van der Waals surface area contributed by atoms with E-state index in [-0.39, 0.29) is 11.9 Å². The van der Waals surface area contributed by atoms with E-state index in [4.69, 9.17) is 4.98 Å². The van der Waals surface area contributed by atoms with Crippen LogP contribution in [0.1, 0.15) is 49.0 Å². The van der Waals surface area contributed by atoms with Gasteiger partial charge in [-0.2, -0.15) is 0 Å². The Morgan fingerprint density at radius 1 is 1.21 bits per heavy atom. The Morgan fingerprint density at radius 2 is 1.97 bits per heavy atom. The second-order valence-electron chi connectivity index (χ2n) is 8.25. The lowest BCUT2D eigenvalue weighted by molar-refractivity contribution is 0.0938.